The molecular formula is C14H21F2NO5S2. The van der Waals surface area contributed by atoms with Crippen LogP contribution >= 0.6 is 0 Å². The highest BCUT2D eigenvalue weighted by Gasteiger charge is 2.58. The number of Topliss-reactive ketones (excluding diaryl/α,β-unsaturated/α-hetero) is 1. The van der Waals surface area contributed by atoms with Gasteiger partial charge in [0, 0.05) is 6.42 Å². The summed E-state index contributed by atoms with van der Waals surface area (Å²) in [6.45, 7) is 0. The van der Waals surface area contributed by atoms with Crippen LogP contribution in [0.2, 0.25) is 0 Å². The third-order valence-corrected chi connectivity index (χ3v) is 8.62. The van der Waals surface area contributed by atoms with Crippen molar-refractivity contribution in [2.75, 3.05) is 6.26 Å². The fourth-order valence-corrected chi connectivity index (χ4v) is 7.74. The van der Waals surface area contributed by atoms with Crippen molar-refractivity contribution in [3.8, 4) is 0 Å². The van der Waals surface area contributed by atoms with E-state index in [0.717, 1.165) is 23.4 Å². The van der Waals surface area contributed by atoms with Crippen molar-refractivity contribution in [3.05, 3.63) is 0 Å². The van der Waals surface area contributed by atoms with Crippen LogP contribution in [-0.4, -0.2) is 34.1 Å². The molecule has 0 aliphatic heterocycles. The minimum absolute atomic E-state index is 0.434. The second-order valence-corrected chi connectivity index (χ2v) is 11.6. The third-order valence-electron chi connectivity index (χ3n) is 5.62. The van der Waals surface area contributed by atoms with Crippen molar-refractivity contribution in [1.82, 2.24) is 4.13 Å². The van der Waals surface area contributed by atoms with Gasteiger partial charge in [-0.2, -0.15) is 8.78 Å². The van der Waals surface area contributed by atoms with Crippen molar-refractivity contribution in [2.45, 2.75) is 50.2 Å². The summed E-state index contributed by atoms with van der Waals surface area (Å²) >= 11 is 0. The number of hydrogen-bond donors (Lipinski definition) is 1. The number of carbonyl (C=O) groups is 1. The molecule has 4 saturated carbocycles. The molecule has 0 atom stereocenters. The number of rotatable bonds is 6. The molecule has 4 fully saturated rings. The molecule has 10 heteroatoms. The molecule has 138 valence electrons. The molecule has 4 bridgehead atoms. The number of carbonyl (C=O) groups excluding carboxylic acids is 1. The normalized spacial score (nSPS) is 36.0. The molecule has 0 saturated heterocycles. The van der Waals surface area contributed by atoms with E-state index in [9.17, 15) is 30.4 Å². The lowest BCUT2D eigenvalue weighted by atomic mass is 9.48. The van der Waals surface area contributed by atoms with Crippen LogP contribution in [0.15, 0.2) is 0 Å². The zero-order chi connectivity index (χ0) is 18.0. The maximum atomic E-state index is 14.1. The lowest BCUT2D eigenvalue weighted by Gasteiger charge is -2.56. The Hall–Kier alpha value is -0.610. The fraction of sp³-hybridized carbons (Fsp3) is 0.929. The number of ketones is 1. The van der Waals surface area contributed by atoms with E-state index >= 15 is 0 Å². The maximum Gasteiger partial charge on any atom is 0.416 e. The van der Waals surface area contributed by atoms with Crippen molar-refractivity contribution in [3.63, 3.8) is 0 Å². The Bertz CT molecular complexity index is 725. The van der Waals surface area contributed by atoms with Gasteiger partial charge in [0.05, 0.1) is 6.26 Å². The minimum Gasteiger partial charge on any atom is -0.292 e. The first-order valence-electron chi connectivity index (χ1n) is 7.96. The summed E-state index contributed by atoms with van der Waals surface area (Å²) in [6, 6.07) is 0. The first kappa shape index (κ1) is 18.2. The number of halogens is 2. The van der Waals surface area contributed by atoms with Crippen LogP contribution in [0.1, 0.15) is 44.9 Å². The Morgan fingerprint density at radius 1 is 1.04 bits per heavy atom. The lowest BCUT2D eigenvalue weighted by Crippen LogP contribution is -2.51. The van der Waals surface area contributed by atoms with Crippen LogP contribution in [0.3, 0.4) is 0 Å². The zero-order valence-electron chi connectivity index (χ0n) is 13.3. The molecule has 0 spiro atoms. The summed E-state index contributed by atoms with van der Waals surface area (Å²) in [4.78, 5) is 12.1. The van der Waals surface area contributed by atoms with Gasteiger partial charge >= 0.3 is 5.25 Å². The predicted molar refractivity (Wildman–Crippen MR) is 82.1 cm³/mol. The molecule has 4 aliphatic rings. The molecule has 1 N–H and O–H groups in total. The lowest BCUT2D eigenvalue weighted by molar-refractivity contribution is -0.141. The van der Waals surface area contributed by atoms with Crippen LogP contribution in [0, 0.1) is 23.2 Å². The predicted octanol–water partition coefficient (Wildman–Crippen LogP) is 1.63. The maximum absolute atomic E-state index is 14.1. The van der Waals surface area contributed by atoms with Gasteiger partial charge in [0.1, 0.15) is 0 Å². The number of sulfonamides is 2. The molecule has 6 nitrogen and oxygen atoms in total. The van der Waals surface area contributed by atoms with Gasteiger partial charge in [0.2, 0.25) is 15.8 Å². The van der Waals surface area contributed by atoms with E-state index in [2.05, 4.69) is 0 Å². The van der Waals surface area contributed by atoms with Crippen molar-refractivity contribution in [1.29, 1.82) is 0 Å². The summed E-state index contributed by atoms with van der Waals surface area (Å²) < 4.78 is 74.4. The van der Waals surface area contributed by atoms with E-state index in [-0.39, 0.29) is 0 Å². The molecule has 0 heterocycles. The van der Waals surface area contributed by atoms with Gasteiger partial charge in [-0.3, -0.25) is 4.79 Å². The topological polar surface area (TPSA) is 97.4 Å². The summed E-state index contributed by atoms with van der Waals surface area (Å²) in [5.74, 6) is -0.407. The SMILES string of the molecule is CS(=O)(=O)NS(=O)(=O)C(F)(F)C(=O)CC12CC3CC(CC(C3)C1)C2. The number of hydrogen-bond acceptors (Lipinski definition) is 5. The van der Waals surface area contributed by atoms with E-state index < -0.39 is 42.9 Å². The van der Waals surface area contributed by atoms with E-state index in [0.29, 0.717) is 43.3 Å². The van der Waals surface area contributed by atoms with E-state index in [4.69, 9.17) is 0 Å². The fourth-order valence-electron chi connectivity index (χ4n) is 5.35. The van der Waals surface area contributed by atoms with Gasteiger partial charge in [-0.15, -0.1) is 4.13 Å². The Morgan fingerprint density at radius 3 is 1.83 bits per heavy atom. The van der Waals surface area contributed by atoms with Crippen LogP contribution < -0.4 is 4.13 Å². The molecule has 24 heavy (non-hydrogen) atoms. The van der Waals surface area contributed by atoms with Crippen LogP contribution in [-0.2, 0) is 24.8 Å². The van der Waals surface area contributed by atoms with Crippen molar-refractivity contribution < 1.29 is 30.4 Å². The summed E-state index contributed by atoms with van der Waals surface area (Å²) in [5, 5.41) is -4.75. The molecular weight excluding hydrogens is 364 g/mol. The Labute approximate surface area is 140 Å². The second-order valence-electron chi connectivity index (χ2n) is 7.89. The minimum atomic E-state index is -5.62. The highest BCUT2D eigenvalue weighted by Crippen LogP contribution is 2.61. The van der Waals surface area contributed by atoms with Gasteiger partial charge in [0.15, 0.2) is 0 Å². The highest BCUT2D eigenvalue weighted by atomic mass is 32.3. The molecule has 0 amide bonds. The van der Waals surface area contributed by atoms with Gasteiger partial charge < -0.3 is 0 Å². The molecule has 4 aliphatic carbocycles. The highest BCUT2D eigenvalue weighted by molar-refractivity contribution is 8.05. The quantitative estimate of drug-likeness (QED) is 0.750. The van der Waals surface area contributed by atoms with Crippen LogP contribution in [0.25, 0.3) is 0 Å². The van der Waals surface area contributed by atoms with E-state index in [1.807, 2.05) is 0 Å². The zero-order valence-corrected chi connectivity index (χ0v) is 14.9. The Morgan fingerprint density at radius 2 is 1.46 bits per heavy atom. The second kappa shape index (κ2) is 5.44. The molecule has 0 radical (unpaired) electrons. The number of alkyl halides is 2. The molecule has 0 unspecified atom stereocenters. The summed E-state index contributed by atoms with van der Waals surface area (Å²) in [6.07, 6.45) is 5.19. The largest absolute Gasteiger partial charge is 0.416 e. The molecule has 4 rings (SSSR count). The molecule has 0 aromatic rings. The Balaban J connectivity index is 1.79. The van der Waals surface area contributed by atoms with Gasteiger partial charge in [-0.05, 0) is 61.7 Å². The smallest absolute Gasteiger partial charge is 0.292 e. The van der Waals surface area contributed by atoms with E-state index in [1.165, 1.54) is 0 Å². The van der Waals surface area contributed by atoms with Crippen LogP contribution in [0.4, 0.5) is 8.78 Å². The molecule has 0 aromatic heterocycles. The average molecular weight is 385 g/mol. The summed E-state index contributed by atoms with van der Waals surface area (Å²) in [7, 11) is -10.0. The monoisotopic (exact) mass is 385 g/mol. The van der Waals surface area contributed by atoms with Gasteiger partial charge in [0.25, 0.3) is 10.0 Å². The summed E-state index contributed by atoms with van der Waals surface area (Å²) in [5.41, 5.74) is -0.546. The standard InChI is InChI=1S/C14H21F2NO5S2/c1-23(19,20)17-24(21,22)14(15,16)12(18)8-13-5-9-2-10(6-13)4-11(3-9)7-13/h9-11,17H,2-8H2,1H3. The van der Waals surface area contributed by atoms with Crippen molar-refractivity contribution >= 4 is 25.8 Å². The molecule has 0 aromatic carbocycles. The third kappa shape index (κ3) is 3.24. The van der Waals surface area contributed by atoms with Crippen molar-refractivity contribution in [2.24, 2.45) is 23.2 Å². The first-order chi connectivity index (χ1) is 10.8. The van der Waals surface area contributed by atoms with Gasteiger partial charge in [-0.25, -0.2) is 16.8 Å². The van der Waals surface area contributed by atoms with E-state index in [1.54, 1.807) is 0 Å². The number of nitrogens with one attached hydrogen (secondary N) is 1. The Kier molecular flexibility index (Phi) is 4.12. The van der Waals surface area contributed by atoms with Crippen LogP contribution in [0.5, 0.6) is 0 Å². The first-order valence-corrected chi connectivity index (χ1v) is 11.3. The van der Waals surface area contributed by atoms with Gasteiger partial charge in [-0.1, -0.05) is 0 Å². The average Bonchev–Trinajstić information content (AvgIpc) is 2.32.